The lowest BCUT2D eigenvalue weighted by Gasteiger charge is -2.31. The third-order valence-corrected chi connectivity index (χ3v) is 11.6. The van der Waals surface area contributed by atoms with Crippen LogP contribution < -0.4 is 54.4 Å². The van der Waals surface area contributed by atoms with Crippen molar-refractivity contribution in [3.05, 3.63) is 0 Å². The van der Waals surface area contributed by atoms with Gasteiger partial charge in [0.15, 0.2) is 0 Å². The topological polar surface area (TPSA) is 437 Å². The highest BCUT2D eigenvalue weighted by atomic mass is 16.4. The summed E-state index contributed by atoms with van der Waals surface area (Å²) in [5, 5.41) is 67.7. The number of aliphatic hydroxyl groups excluding tert-OH is 3. The summed E-state index contributed by atoms with van der Waals surface area (Å²) >= 11 is 0. The van der Waals surface area contributed by atoms with Crippen molar-refractivity contribution in [2.75, 3.05) is 19.6 Å². The molecule has 0 aromatic carbocycles. The van der Waals surface area contributed by atoms with E-state index < -0.39 is 138 Å². The summed E-state index contributed by atoms with van der Waals surface area (Å²) in [7, 11) is 0. The molecule has 1 heterocycles. The normalized spacial score (nSPS) is 18.2. The number of carboxylic acids is 2. The number of amides is 8. The minimum Gasteiger partial charge on any atom is -0.481 e. The maximum Gasteiger partial charge on any atom is 0.326 e. The molecule has 26 heteroatoms. The van der Waals surface area contributed by atoms with Gasteiger partial charge in [0.2, 0.25) is 47.3 Å². The smallest absolute Gasteiger partial charge is 0.326 e. The third-order valence-electron chi connectivity index (χ3n) is 11.6. The Morgan fingerprint density at radius 1 is 0.535 bits per heavy atom. The molecule has 18 N–H and O–H groups in total. The van der Waals surface area contributed by atoms with E-state index in [-0.39, 0.29) is 63.5 Å². The molecule has 0 saturated carbocycles. The van der Waals surface area contributed by atoms with Crippen LogP contribution in [0.2, 0.25) is 0 Å². The number of unbranched alkanes of at least 4 members (excludes halogenated alkanes) is 2. The highest BCUT2D eigenvalue weighted by Gasteiger charge is 2.42. The lowest BCUT2D eigenvalue weighted by atomic mass is 10.0. The molecule has 0 aromatic heterocycles. The van der Waals surface area contributed by atoms with E-state index in [0.717, 1.165) is 25.7 Å². The molecule has 1 aliphatic heterocycles. The molecule has 0 spiro atoms. The van der Waals surface area contributed by atoms with Gasteiger partial charge >= 0.3 is 11.9 Å². The fourth-order valence-corrected chi connectivity index (χ4v) is 7.71. The summed E-state index contributed by atoms with van der Waals surface area (Å²) in [6.07, 6.45) is -3.39. The standard InChI is InChI=1S/C45H81N11O15/c1-22(2)19-29(50-37(62)27(48)13-8-10-16-46)39(64)51-30(21-33(60)61)44(69)56-18-12-15-32(56)40(65)54-34(24(5)57)41(66)49-28(14-9-11-17-47)38(63)53-36(26(7)59)43(68)55-35(25(6)58)42(67)52-31(45(70)71)20-23(3)4/h22-32,34-36,57-59H,8-21,46-48H2,1-7H3,(H,49,66)(H,50,62)(H,51,64)(H,52,67)(H,53,63)(H,54,65)(H,55,68)(H,60,61)(H,70,71)/t24-,25-,26-,27+,28+,29+,30+,31+,32+,34+,35+,36+/m1/s1. The van der Waals surface area contributed by atoms with E-state index in [9.17, 15) is 73.5 Å². The Bertz CT molecular complexity index is 1800. The first-order chi connectivity index (χ1) is 33.2. The molecule has 0 aromatic rings. The van der Waals surface area contributed by atoms with E-state index in [0.29, 0.717) is 32.2 Å². The van der Waals surface area contributed by atoms with Crippen molar-refractivity contribution < 1.29 is 73.5 Å². The Morgan fingerprint density at radius 2 is 0.958 bits per heavy atom. The van der Waals surface area contributed by atoms with Gasteiger partial charge in [-0.3, -0.25) is 43.2 Å². The largest absolute Gasteiger partial charge is 0.481 e. The van der Waals surface area contributed by atoms with Crippen molar-refractivity contribution in [3.63, 3.8) is 0 Å². The number of hydrogen-bond donors (Lipinski definition) is 15. The quantitative estimate of drug-likeness (QED) is 0.0277. The minimum absolute atomic E-state index is 0.0239. The van der Waals surface area contributed by atoms with Gasteiger partial charge in [-0.2, -0.15) is 0 Å². The second kappa shape index (κ2) is 31.7. The Kier molecular flexibility index (Phi) is 28.4. The Hall–Kier alpha value is -5.54. The summed E-state index contributed by atoms with van der Waals surface area (Å²) in [4.78, 5) is 134. The molecule has 8 amide bonds. The maximum atomic E-state index is 14.0. The lowest BCUT2D eigenvalue weighted by molar-refractivity contribution is -0.146. The molecule has 12 atom stereocenters. The van der Waals surface area contributed by atoms with Crippen molar-refractivity contribution in [1.29, 1.82) is 0 Å². The summed E-state index contributed by atoms with van der Waals surface area (Å²) in [6, 6.07) is -13.4. The number of aliphatic carboxylic acids is 2. The first-order valence-electron chi connectivity index (χ1n) is 24.2. The summed E-state index contributed by atoms with van der Waals surface area (Å²) in [6.45, 7) is 11.0. The molecule has 26 nitrogen and oxygen atoms in total. The monoisotopic (exact) mass is 1020 g/mol. The molecule has 1 saturated heterocycles. The SMILES string of the molecule is CC(C)C[C@H](NC(=O)[C@@H](NC(=O)[C@@H](NC(=O)[C@H](CCCCN)NC(=O)[C@@H](NC(=O)[C@@H]1CCCN1C(=O)[C@H](CC(=O)O)NC(=O)[C@H](CC(C)C)NC(=O)[C@@H](N)CCCCN)[C@@H](C)O)[C@@H](C)O)[C@@H](C)O)C(=O)O. The third kappa shape index (κ3) is 22.2. The number of carbonyl (C=O) groups excluding carboxylic acids is 8. The Morgan fingerprint density at radius 3 is 1.44 bits per heavy atom. The van der Waals surface area contributed by atoms with Crippen LogP contribution in [0.25, 0.3) is 0 Å². The number of nitrogens with two attached hydrogens (primary N) is 3. The fraction of sp³-hybridized carbons (Fsp3) is 0.778. The van der Waals surface area contributed by atoms with Crippen molar-refractivity contribution in [2.45, 2.75) is 192 Å². The van der Waals surface area contributed by atoms with Gasteiger partial charge in [0, 0.05) is 6.54 Å². The summed E-state index contributed by atoms with van der Waals surface area (Å²) in [5.41, 5.74) is 17.2. The second-order valence-corrected chi connectivity index (χ2v) is 19.0. The molecule has 0 aliphatic carbocycles. The van der Waals surface area contributed by atoms with E-state index >= 15 is 0 Å². The van der Waals surface area contributed by atoms with Gasteiger partial charge in [-0.1, -0.05) is 34.1 Å². The number of hydrogen-bond acceptors (Lipinski definition) is 16. The molecule has 71 heavy (non-hydrogen) atoms. The van der Waals surface area contributed by atoms with E-state index in [1.165, 1.54) is 0 Å². The van der Waals surface area contributed by atoms with E-state index in [1.54, 1.807) is 27.7 Å². The Labute approximate surface area is 414 Å². The van der Waals surface area contributed by atoms with Gasteiger partial charge in [0.25, 0.3) is 0 Å². The summed E-state index contributed by atoms with van der Waals surface area (Å²) in [5.74, 6) is -10.9. The van der Waals surface area contributed by atoms with Crippen molar-refractivity contribution >= 4 is 59.2 Å². The number of aliphatic hydroxyl groups is 3. The van der Waals surface area contributed by atoms with Crippen molar-refractivity contribution in [3.8, 4) is 0 Å². The average molecular weight is 1020 g/mol. The number of rotatable bonds is 33. The lowest BCUT2D eigenvalue weighted by Crippen LogP contribution is -2.63. The van der Waals surface area contributed by atoms with Crippen molar-refractivity contribution in [1.82, 2.24) is 42.1 Å². The zero-order chi connectivity index (χ0) is 54.3. The highest BCUT2D eigenvalue weighted by Crippen LogP contribution is 2.21. The molecule has 0 bridgehead atoms. The van der Waals surface area contributed by atoms with Crippen LogP contribution in [0, 0.1) is 11.8 Å². The fourth-order valence-electron chi connectivity index (χ4n) is 7.71. The number of nitrogens with one attached hydrogen (secondary N) is 7. The molecular formula is C45H81N11O15. The van der Waals surface area contributed by atoms with Gasteiger partial charge in [-0.25, -0.2) is 4.79 Å². The van der Waals surface area contributed by atoms with E-state index in [4.69, 9.17) is 17.2 Å². The molecule has 1 rings (SSSR count). The minimum atomic E-state index is -1.81. The number of likely N-dealkylation sites (tertiary alicyclic amines) is 1. The molecule has 1 aliphatic rings. The van der Waals surface area contributed by atoms with Gasteiger partial charge in [-0.15, -0.1) is 0 Å². The van der Waals surface area contributed by atoms with Crippen LogP contribution in [0.3, 0.4) is 0 Å². The zero-order valence-corrected chi connectivity index (χ0v) is 42.0. The molecule has 0 radical (unpaired) electrons. The van der Waals surface area contributed by atoms with Gasteiger partial charge in [0.1, 0.15) is 48.3 Å². The van der Waals surface area contributed by atoms with E-state index in [1.807, 2.05) is 0 Å². The maximum absolute atomic E-state index is 14.0. The van der Waals surface area contributed by atoms with Crippen LogP contribution in [-0.2, 0) is 47.9 Å². The zero-order valence-electron chi connectivity index (χ0n) is 42.0. The molecule has 0 unspecified atom stereocenters. The summed E-state index contributed by atoms with van der Waals surface area (Å²) < 4.78 is 0. The predicted molar refractivity (Wildman–Crippen MR) is 256 cm³/mol. The van der Waals surface area contributed by atoms with Crippen LogP contribution in [0.15, 0.2) is 0 Å². The average Bonchev–Trinajstić information content (AvgIpc) is 3.77. The molecule has 406 valence electrons. The van der Waals surface area contributed by atoms with Gasteiger partial charge < -0.3 is 84.9 Å². The van der Waals surface area contributed by atoms with Crippen LogP contribution in [0.1, 0.15) is 119 Å². The predicted octanol–water partition coefficient (Wildman–Crippen LogP) is -4.25. The Balaban J connectivity index is 3.33. The molecular weight excluding hydrogens is 935 g/mol. The van der Waals surface area contributed by atoms with E-state index in [2.05, 4.69) is 37.2 Å². The van der Waals surface area contributed by atoms with Crippen LogP contribution in [0.5, 0.6) is 0 Å². The number of carbonyl (C=O) groups is 10. The first kappa shape index (κ1) is 63.5. The van der Waals surface area contributed by atoms with Gasteiger partial charge in [0.05, 0.1) is 30.8 Å². The van der Waals surface area contributed by atoms with Crippen molar-refractivity contribution in [2.24, 2.45) is 29.0 Å². The molecule has 1 fully saturated rings. The van der Waals surface area contributed by atoms with Crippen LogP contribution in [0.4, 0.5) is 0 Å². The number of nitrogens with zero attached hydrogens (tertiary/aromatic N) is 1. The van der Waals surface area contributed by atoms with Crippen LogP contribution >= 0.6 is 0 Å². The number of carboxylic acid groups (broad SMARTS) is 2. The first-order valence-corrected chi connectivity index (χ1v) is 24.2. The second-order valence-electron chi connectivity index (χ2n) is 19.0. The van der Waals surface area contributed by atoms with Crippen LogP contribution in [-0.4, -0.2) is 182 Å². The highest BCUT2D eigenvalue weighted by molar-refractivity contribution is 5.99. The van der Waals surface area contributed by atoms with Gasteiger partial charge in [-0.05, 0) is 103 Å².